The van der Waals surface area contributed by atoms with Gasteiger partial charge in [0.25, 0.3) is 0 Å². The van der Waals surface area contributed by atoms with Gasteiger partial charge in [-0.2, -0.15) is 0 Å². The molecule has 1 aromatic heterocycles. The van der Waals surface area contributed by atoms with E-state index in [0.29, 0.717) is 5.69 Å². The molecule has 0 aliphatic rings. The van der Waals surface area contributed by atoms with Crippen LogP contribution in [0.2, 0.25) is 0 Å². The molecule has 0 aromatic carbocycles. The molecule has 0 amide bonds. The molecule has 6 nitrogen and oxygen atoms in total. The van der Waals surface area contributed by atoms with Gasteiger partial charge in [0, 0.05) is 7.11 Å². The Bertz CT molecular complexity index is 320. The summed E-state index contributed by atoms with van der Waals surface area (Å²) in [6.07, 6.45) is 0. The first-order chi connectivity index (χ1) is 6.74. The van der Waals surface area contributed by atoms with E-state index < -0.39 is 12.6 Å². The maximum absolute atomic E-state index is 11.3. The van der Waals surface area contributed by atoms with E-state index in [4.69, 9.17) is 14.4 Å². The summed E-state index contributed by atoms with van der Waals surface area (Å²) in [6, 6.07) is 0. The Hall–Kier alpha value is -1.40. The average molecular weight is 201 g/mol. The van der Waals surface area contributed by atoms with Crippen molar-refractivity contribution in [3.05, 3.63) is 17.0 Å². The SMILES string of the molecule is COCc1noc(CO)c1C(=O)OC. The van der Waals surface area contributed by atoms with Crippen LogP contribution < -0.4 is 0 Å². The fourth-order valence-corrected chi connectivity index (χ4v) is 1.04. The summed E-state index contributed by atoms with van der Waals surface area (Å²) in [5, 5.41) is 12.4. The number of aliphatic hydroxyl groups is 1. The van der Waals surface area contributed by atoms with E-state index in [1.54, 1.807) is 0 Å². The molecule has 6 heteroatoms. The fraction of sp³-hybridized carbons (Fsp3) is 0.500. The summed E-state index contributed by atoms with van der Waals surface area (Å²) >= 11 is 0. The molecule has 0 spiro atoms. The second-order valence-electron chi connectivity index (χ2n) is 2.51. The second kappa shape index (κ2) is 4.73. The fourth-order valence-electron chi connectivity index (χ4n) is 1.04. The standard InChI is InChI=1S/C8H11NO5/c1-12-4-5-7(8(11)13-2)6(3-10)14-9-5/h10H,3-4H2,1-2H3. The maximum atomic E-state index is 11.3. The zero-order valence-electron chi connectivity index (χ0n) is 7.94. The van der Waals surface area contributed by atoms with Crippen molar-refractivity contribution in [1.29, 1.82) is 0 Å². The molecule has 0 saturated heterocycles. The molecule has 0 atom stereocenters. The van der Waals surface area contributed by atoms with Crippen molar-refractivity contribution in [2.24, 2.45) is 0 Å². The third kappa shape index (κ3) is 1.91. The predicted octanol–water partition coefficient (Wildman–Crippen LogP) is 0.0999. The van der Waals surface area contributed by atoms with Crippen LogP contribution >= 0.6 is 0 Å². The van der Waals surface area contributed by atoms with Gasteiger partial charge in [-0.25, -0.2) is 4.79 Å². The van der Waals surface area contributed by atoms with Crippen LogP contribution in [0.25, 0.3) is 0 Å². The van der Waals surface area contributed by atoms with Gasteiger partial charge < -0.3 is 19.1 Å². The van der Waals surface area contributed by atoms with Crippen molar-refractivity contribution in [2.75, 3.05) is 14.2 Å². The Kier molecular flexibility index (Phi) is 3.61. The van der Waals surface area contributed by atoms with E-state index in [2.05, 4.69) is 9.89 Å². The van der Waals surface area contributed by atoms with Crippen LogP contribution in [-0.2, 0) is 22.7 Å². The Labute approximate surface area is 80.4 Å². The van der Waals surface area contributed by atoms with Gasteiger partial charge in [-0.3, -0.25) is 0 Å². The second-order valence-corrected chi connectivity index (χ2v) is 2.51. The predicted molar refractivity (Wildman–Crippen MR) is 44.5 cm³/mol. The molecule has 1 rings (SSSR count). The lowest BCUT2D eigenvalue weighted by Gasteiger charge is -1.99. The third-order valence-electron chi connectivity index (χ3n) is 1.65. The Balaban J connectivity index is 3.05. The molecular weight excluding hydrogens is 190 g/mol. The van der Waals surface area contributed by atoms with Crippen molar-refractivity contribution in [2.45, 2.75) is 13.2 Å². The van der Waals surface area contributed by atoms with Crippen LogP contribution in [0.5, 0.6) is 0 Å². The first kappa shape index (κ1) is 10.7. The Morgan fingerprint density at radius 3 is 2.79 bits per heavy atom. The lowest BCUT2D eigenvalue weighted by molar-refractivity contribution is 0.0590. The minimum absolute atomic E-state index is 0.0869. The molecule has 0 bridgehead atoms. The molecule has 0 radical (unpaired) electrons. The Morgan fingerprint density at radius 1 is 1.57 bits per heavy atom. The summed E-state index contributed by atoms with van der Waals surface area (Å²) < 4.78 is 14.1. The number of carbonyl (C=O) groups is 1. The molecule has 78 valence electrons. The van der Waals surface area contributed by atoms with Gasteiger partial charge >= 0.3 is 5.97 Å². The van der Waals surface area contributed by atoms with E-state index >= 15 is 0 Å². The minimum atomic E-state index is -0.595. The van der Waals surface area contributed by atoms with Crippen molar-refractivity contribution in [3.63, 3.8) is 0 Å². The maximum Gasteiger partial charge on any atom is 0.343 e. The van der Waals surface area contributed by atoms with Crippen molar-refractivity contribution < 1.29 is 23.9 Å². The third-order valence-corrected chi connectivity index (χ3v) is 1.65. The summed E-state index contributed by atoms with van der Waals surface area (Å²) in [6.45, 7) is -0.269. The first-order valence-corrected chi connectivity index (χ1v) is 3.90. The minimum Gasteiger partial charge on any atom is -0.465 e. The average Bonchev–Trinajstić information content (AvgIpc) is 2.60. The highest BCUT2D eigenvalue weighted by molar-refractivity contribution is 5.91. The topological polar surface area (TPSA) is 81.8 Å². The number of ether oxygens (including phenoxy) is 2. The summed E-state index contributed by atoms with van der Waals surface area (Å²) in [4.78, 5) is 11.3. The Morgan fingerprint density at radius 2 is 2.29 bits per heavy atom. The van der Waals surface area contributed by atoms with Crippen LogP contribution in [-0.4, -0.2) is 30.5 Å². The van der Waals surface area contributed by atoms with E-state index in [9.17, 15) is 4.79 Å². The summed E-state index contributed by atoms with van der Waals surface area (Å²) in [5.74, 6) is -0.508. The molecule has 14 heavy (non-hydrogen) atoms. The highest BCUT2D eigenvalue weighted by Crippen LogP contribution is 2.16. The number of carbonyl (C=O) groups excluding carboxylic acids is 1. The van der Waals surface area contributed by atoms with Gasteiger partial charge in [0.2, 0.25) is 0 Å². The van der Waals surface area contributed by atoms with E-state index in [1.807, 2.05) is 0 Å². The molecule has 0 saturated carbocycles. The zero-order valence-corrected chi connectivity index (χ0v) is 7.94. The zero-order chi connectivity index (χ0) is 10.6. The molecule has 1 heterocycles. The van der Waals surface area contributed by atoms with Crippen LogP contribution in [0.4, 0.5) is 0 Å². The normalized spacial score (nSPS) is 10.2. The molecule has 1 N–H and O–H groups in total. The summed E-state index contributed by atoms with van der Waals surface area (Å²) in [7, 11) is 2.71. The largest absolute Gasteiger partial charge is 0.465 e. The van der Waals surface area contributed by atoms with Crippen LogP contribution in [0.3, 0.4) is 0 Å². The molecule has 0 unspecified atom stereocenters. The number of nitrogens with zero attached hydrogens (tertiary/aromatic N) is 1. The first-order valence-electron chi connectivity index (χ1n) is 3.90. The van der Waals surface area contributed by atoms with E-state index in [1.165, 1.54) is 14.2 Å². The molecule has 0 aliphatic heterocycles. The van der Waals surface area contributed by atoms with Crippen LogP contribution in [0, 0.1) is 0 Å². The van der Waals surface area contributed by atoms with Gasteiger partial charge in [-0.1, -0.05) is 5.16 Å². The number of aliphatic hydroxyl groups excluding tert-OH is 1. The lowest BCUT2D eigenvalue weighted by Crippen LogP contribution is -2.07. The van der Waals surface area contributed by atoms with Crippen LogP contribution in [0.15, 0.2) is 4.52 Å². The van der Waals surface area contributed by atoms with Crippen molar-refractivity contribution >= 4 is 5.97 Å². The highest BCUT2D eigenvalue weighted by Gasteiger charge is 2.22. The summed E-state index contributed by atoms with van der Waals surface area (Å²) in [5.41, 5.74) is 0.459. The van der Waals surface area contributed by atoms with Gasteiger partial charge in [0.1, 0.15) is 17.9 Å². The van der Waals surface area contributed by atoms with E-state index in [0.717, 1.165) is 0 Å². The number of hydrogen-bond donors (Lipinski definition) is 1. The lowest BCUT2D eigenvalue weighted by atomic mass is 10.2. The van der Waals surface area contributed by atoms with Crippen LogP contribution in [0.1, 0.15) is 21.8 Å². The molecular formula is C8H11NO5. The number of esters is 1. The van der Waals surface area contributed by atoms with Gasteiger partial charge in [-0.15, -0.1) is 0 Å². The van der Waals surface area contributed by atoms with Gasteiger partial charge in [-0.05, 0) is 0 Å². The van der Waals surface area contributed by atoms with Crippen molar-refractivity contribution in [1.82, 2.24) is 5.16 Å². The highest BCUT2D eigenvalue weighted by atomic mass is 16.5. The number of rotatable bonds is 4. The molecule has 0 fully saturated rings. The van der Waals surface area contributed by atoms with Crippen molar-refractivity contribution in [3.8, 4) is 0 Å². The quantitative estimate of drug-likeness (QED) is 0.696. The molecule has 1 aromatic rings. The van der Waals surface area contributed by atoms with Gasteiger partial charge in [0.15, 0.2) is 5.76 Å². The number of aromatic nitrogens is 1. The van der Waals surface area contributed by atoms with E-state index in [-0.39, 0.29) is 17.9 Å². The monoisotopic (exact) mass is 201 g/mol. The number of hydrogen-bond acceptors (Lipinski definition) is 6. The molecule has 0 aliphatic carbocycles. The van der Waals surface area contributed by atoms with Gasteiger partial charge in [0.05, 0.1) is 13.7 Å². The number of methoxy groups -OCH3 is 2. The smallest absolute Gasteiger partial charge is 0.343 e.